The van der Waals surface area contributed by atoms with E-state index in [1.165, 1.54) is 37.7 Å². The molecule has 0 radical (unpaired) electrons. The van der Waals surface area contributed by atoms with E-state index in [0.29, 0.717) is 17.1 Å². The van der Waals surface area contributed by atoms with Crippen molar-refractivity contribution in [2.45, 2.75) is 57.5 Å². The van der Waals surface area contributed by atoms with E-state index < -0.39 is 0 Å². The predicted molar refractivity (Wildman–Crippen MR) is 134 cm³/mol. The van der Waals surface area contributed by atoms with Gasteiger partial charge in [0.05, 0.1) is 11.2 Å². The predicted octanol–water partition coefficient (Wildman–Crippen LogP) is 5.15. The highest BCUT2D eigenvalue weighted by atomic mass is 16.5. The molecule has 5 rings (SSSR count). The molecule has 6 nitrogen and oxygen atoms in total. The smallest absolute Gasteiger partial charge is 0.252 e. The van der Waals surface area contributed by atoms with Crippen LogP contribution in [0.15, 0.2) is 47.3 Å². The van der Waals surface area contributed by atoms with Crippen molar-refractivity contribution < 1.29 is 4.74 Å². The van der Waals surface area contributed by atoms with E-state index in [-0.39, 0.29) is 17.6 Å². The fraction of sp³-hybridized carbons (Fsp3) is 0.464. The van der Waals surface area contributed by atoms with Crippen molar-refractivity contribution in [1.82, 2.24) is 9.55 Å². The third-order valence-corrected chi connectivity index (χ3v) is 7.59. The number of hydrogen-bond donors (Lipinski definition) is 0. The second-order valence-corrected chi connectivity index (χ2v) is 9.88. The number of rotatable bonds is 4. The third-order valence-electron chi connectivity index (χ3n) is 7.59. The number of aryl methyl sites for hydroxylation is 1. The first-order valence-corrected chi connectivity index (χ1v) is 12.5. The molecule has 0 N–H and O–H groups in total. The molecule has 0 unspecified atom stereocenters. The number of benzene rings is 1. The van der Waals surface area contributed by atoms with E-state index in [4.69, 9.17) is 4.74 Å². The standard InChI is InChI=1S/C28H32N4O2/c1-19-18-32(25-16-27(33)31(2)24-13-10-22(17-29)30-28(24)25)15-14-26(19)34-23-11-8-21(9-12-23)20-6-4-3-5-7-20/h8-13,16,19-20,26H,3-7,14-15,18H2,1-2H3/t19-,26-/m1/s1. The average molecular weight is 457 g/mol. The molecular formula is C28H32N4O2. The summed E-state index contributed by atoms with van der Waals surface area (Å²) in [4.78, 5) is 19.4. The van der Waals surface area contributed by atoms with E-state index in [9.17, 15) is 10.1 Å². The third kappa shape index (κ3) is 4.40. The molecule has 1 aromatic carbocycles. The lowest BCUT2D eigenvalue weighted by atomic mass is 9.84. The summed E-state index contributed by atoms with van der Waals surface area (Å²) < 4.78 is 8.00. The summed E-state index contributed by atoms with van der Waals surface area (Å²) in [6.07, 6.45) is 7.65. The Balaban J connectivity index is 1.31. The minimum atomic E-state index is -0.0712. The Morgan fingerprint density at radius 1 is 1.06 bits per heavy atom. The van der Waals surface area contributed by atoms with Gasteiger partial charge >= 0.3 is 0 Å². The van der Waals surface area contributed by atoms with Crippen molar-refractivity contribution in [2.75, 3.05) is 18.0 Å². The zero-order valence-corrected chi connectivity index (χ0v) is 20.0. The van der Waals surface area contributed by atoms with Crippen LogP contribution in [0.5, 0.6) is 5.75 Å². The first-order chi connectivity index (χ1) is 16.5. The van der Waals surface area contributed by atoms with E-state index in [2.05, 4.69) is 47.1 Å². The molecule has 0 amide bonds. The van der Waals surface area contributed by atoms with Crippen molar-refractivity contribution in [3.63, 3.8) is 0 Å². The number of piperidine rings is 1. The lowest BCUT2D eigenvalue weighted by molar-refractivity contribution is 0.121. The summed E-state index contributed by atoms with van der Waals surface area (Å²) in [6.45, 7) is 3.74. The first kappa shape index (κ1) is 22.5. The van der Waals surface area contributed by atoms with Crippen molar-refractivity contribution in [3.8, 4) is 11.8 Å². The fourth-order valence-electron chi connectivity index (χ4n) is 5.56. The van der Waals surface area contributed by atoms with E-state index in [1.807, 2.05) is 6.07 Å². The summed E-state index contributed by atoms with van der Waals surface area (Å²) in [6, 6.07) is 16.0. The Bertz CT molecular complexity index is 1270. The molecule has 2 aliphatic rings. The number of pyridine rings is 2. The van der Waals surface area contributed by atoms with Gasteiger partial charge in [-0.25, -0.2) is 4.98 Å². The van der Waals surface area contributed by atoms with Gasteiger partial charge in [-0.2, -0.15) is 5.26 Å². The number of nitrogens with zero attached hydrogens (tertiary/aromatic N) is 4. The lowest BCUT2D eigenvalue weighted by Crippen LogP contribution is -2.45. The number of hydrogen-bond acceptors (Lipinski definition) is 5. The molecule has 2 aromatic heterocycles. The summed E-state index contributed by atoms with van der Waals surface area (Å²) in [7, 11) is 1.74. The second-order valence-electron chi connectivity index (χ2n) is 9.88. The maximum atomic E-state index is 12.6. The maximum Gasteiger partial charge on any atom is 0.252 e. The Hall–Kier alpha value is -3.33. The molecule has 1 saturated carbocycles. The van der Waals surface area contributed by atoms with Crippen LogP contribution in [0.3, 0.4) is 0 Å². The molecule has 3 heterocycles. The van der Waals surface area contributed by atoms with Crippen molar-refractivity contribution in [3.05, 3.63) is 64.1 Å². The Kier molecular flexibility index (Phi) is 6.28. The molecule has 2 fully saturated rings. The normalized spacial score (nSPS) is 21.4. The first-order valence-electron chi connectivity index (χ1n) is 12.5. The number of anilines is 1. The highest BCUT2D eigenvalue weighted by Crippen LogP contribution is 2.34. The molecule has 176 valence electrons. The summed E-state index contributed by atoms with van der Waals surface area (Å²) in [5.41, 5.74) is 3.97. The second kappa shape index (κ2) is 9.50. The number of nitriles is 1. The van der Waals surface area contributed by atoms with Crippen LogP contribution in [0, 0.1) is 17.2 Å². The van der Waals surface area contributed by atoms with Gasteiger partial charge in [-0.05, 0) is 48.6 Å². The zero-order chi connectivity index (χ0) is 23.7. The van der Waals surface area contributed by atoms with Gasteiger partial charge in [0, 0.05) is 38.5 Å². The number of ether oxygens (including phenoxy) is 1. The molecule has 1 aliphatic carbocycles. The van der Waals surface area contributed by atoms with E-state index in [0.717, 1.165) is 36.5 Å². The SMILES string of the molecule is C[C@@H]1CN(c2cc(=O)n(C)c3ccc(C#N)nc23)CC[C@H]1Oc1ccc(C2CCCCC2)cc1. The number of fused-ring (bicyclic) bond motifs is 1. The van der Waals surface area contributed by atoms with E-state index in [1.54, 1.807) is 23.7 Å². The minimum absolute atomic E-state index is 0.0712. The van der Waals surface area contributed by atoms with Gasteiger partial charge in [0.1, 0.15) is 29.1 Å². The molecule has 6 heteroatoms. The monoisotopic (exact) mass is 456 g/mol. The van der Waals surface area contributed by atoms with Crippen LogP contribution >= 0.6 is 0 Å². The quantitative estimate of drug-likeness (QED) is 0.543. The highest BCUT2D eigenvalue weighted by molar-refractivity contribution is 5.88. The van der Waals surface area contributed by atoms with Crippen LogP contribution in [0.1, 0.15) is 62.6 Å². The molecule has 2 atom stereocenters. The van der Waals surface area contributed by atoms with Gasteiger partial charge in [-0.1, -0.05) is 38.3 Å². The highest BCUT2D eigenvalue weighted by Gasteiger charge is 2.29. The van der Waals surface area contributed by atoms with Crippen molar-refractivity contribution in [1.29, 1.82) is 5.26 Å². The van der Waals surface area contributed by atoms with E-state index >= 15 is 0 Å². The van der Waals surface area contributed by atoms with Crippen molar-refractivity contribution in [2.24, 2.45) is 13.0 Å². The summed E-state index contributed by atoms with van der Waals surface area (Å²) >= 11 is 0. The van der Waals surface area contributed by atoms with Crippen LogP contribution < -0.4 is 15.2 Å². The largest absolute Gasteiger partial charge is 0.490 e. The van der Waals surface area contributed by atoms with Gasteiger partial charge < -0.3 is 14.2 Å². The van der Waals surface area contributed by atoms with Gasteiger partial charge in [-0.3, -0.25) is 4.79 Å². The molecule has 3 aromatic rings. The molecule has 0 spiro atoms. The molecular weight excluding hydrogens is 424 g/mol. The molecule has 1 aliphatic heterocycles. The van der Waals surface area contributed by atoms with Crippen molar-refractivity contribution >= 4 is 16.7 Å². The van der Waals surface area contributed by atoms with Crippen LogP contribution in [0.4, 0.5) is 5.69 Å². The summed E-state index contributed by atoms with van der Waals surface area (Å²) in [5, 5.41) is 9.32. The van der Waals surface area contributed by atoms with Gasteiger partial charge in [0.2, 0.25) is 0 Å². The zero-order valence-electron chi connectivity index (χ0n) is 20.0. The Morgan fingerprint density at radius 2 is 1.82 bits per heavy atom. The topological polar surface area (TPSA) is 71.2 Å². The number of aromatic nitrogens is 2. The molecule has 1 saturated heterocycles. The Labute approximate surface area is 200 Å². The minimum Gasteiger partial charge on any atom is -0.490 e. The maximum absolute atomic E-state index is 12.6. The van der Waals surface area contributed by atoms with Crippen LogP contribution in [0.25, 0.3) is 11.0 Å². The van der Waals surface area contributed by atoms with Crippen LogP contribution in [0.2, 0.25) is 0 Å². The molecule has 34 heavy (non-hydrogen) atoms. The molecule has 0 bridgehead atoms. The van der Waals surface area contributed by atoms with Crippen LogP contribution in [-0.4, -0.2) is 28.7 Å². The average Bonchev–Trinajstić information content (AvgIpc) is 2.88. The Morgan fingerprint density at radius 3 is 2.53 bits per heavy atom. The van der Waals surface area contributed by atoms with Gasteiger partial charge in [-0.15, -0.1) is 0 Å². The van der Waals surface area contributed by atoms with Gasteiger partial charge in [0.25, 0.3) is 5.56 Å². The van der Waals surface area contributed by atoms with Gasteiger partial charge in [0.15, 0.2) is 0 Å². The lowest BCUT2D eigenvalue weighted by Gasteiger charge is -2.38. The van der Waals surface area contributed by atoms with Crippen LogP contribution in [-0.2, 0) is 7.05 Å². The fourth-order valence-corrected chi connectivity index (χ4v) is 5.56. The summed E-state index contributed by atoms with van der Waals surface area (Å²) in [5.74, 6) is 1.92.